The molecule has 1 aliphatic heterocycles. The Hall–Kier alpha value is -1.44. The standard InChI is InChI=1S/C14H16N2OS/c15-9-3-6-11-5-1-2-7-12(11)16-14(17)13-8-4-10-18-13/h1-2,5,7,13H,4,8-10,15H2,(H,16,17). The fourth-order valence-corrected chi connectivity index (χ4v) is 3.01. The smallest absolute Gasteiger partial charge is 0.237 e. The maximum atomic E-state index is 12.0. The zero-order valence-electron chi connectivity index (χ0n) is 10.1. The highest BCUT2D eigenvalue weighted by molar-refractivity contribution is 8.00. The molecule has 1 aliphatic rings. The van der Waals surface area contributed by atoms with Crippen molar-refractivity contribution >= 4 is 23.4 Å². The van der Waals surface area contributed by atoms with Crippen LogP contribution < -0.4 is 11.1 Å². The highest BCUT2D eigenvalue weighted by atomic mass is 32.2. The number of nitrogens with one attached hydrogen (secondary N) is 1. The van der Waals surface area contributed by atoms with Gasteiger partial charge in [0.15, 0.2) is 0 Å². The molecule has 1 unspecified atom stereocenters. The Kier molecular flexibility index (Phi) is 4.68. The Morgan fingerprint density at radius 1 is 1.50 bits per heavy atom. The van der Waals surface area contributed by atoms with Crippen LogP contribution in [0.1, 0.15) is 18.4 Å². The third-order valence-electron chi connectivity index (χ3n) is 2.73. The summed E-state index contributed by atoms with van der Waals surface area (Å²) < 4.78 is 0. The van der Waals surface area contributed by atoms with Gasteiger partial charge in [-0.3, -0.25) is 4.79 Å². The molecule has 3 N–H and O–H groups in total. The molecule has 1 atom stereocenters. The van der Waals surface area contributed by atoms with E-state index in [0.717, 1.165) is 29.8 Å². The van der Waals surface area contributed by atoms with E-state index in [-0.39, 0.29) is 11.2 Å². The Bertz CT molecular complexity index is 484. The van der Waals surface area contributed by atoms with Crippen molar-refractivity contribution in [3.8, 4) is 11.8 Å². The monoisotopic (exact) mass is 260 g/mol. The maximum Gasteiger partial charge on any atom is 0.237 e. The first-order valence-electron chi connectivity index (χ1n) is 6.01. The molecule has 1 saturated heterocycles. The van der Waals surface area contributed by atoms with E-state index < -0.39 is 0 Å². The van der Waals surface area contributed by atoms with Crippen molar-refractivity contribution < 1.29 is 4.79 Å². The summed E-state index contributed by atoms with van der Waals surface area (Å²) in [6.45, 7) is 0.320. The molecule has 1 fully saturated rings. The summed E-state index contributed by atoms with van der Waals surface area (Å²) in [6, 6.07) is 7.56. The molecule has 2 rings (SSSR count). The number of rotatable bonds is 2. The van der Waals surface area contributed by atoms with Crippen LogP contribution in [0.2, 0.25) is 0 Å². The zero-order valence-corrected chi connectivity index (χ0v) is 10.9. The van der Waals surface area contributed by atoms with E-state index in [0.29, 0.717) is 6.54 Å². The summed E-state index contributed by atoms with van der Waals surface area (Å²) in [5.41, 5.74) is 6.96. The number of thioether (sulfide) groups is 1. The van der Waals surface area contributed by atoms with E-state index in [4.69, 9.17) is 5.73 Å². The van der Waals surface area contributed by atoms with E-state index in [1.807, 2.05) is 24.3 Å². The molecule has 94 valence electrons. The second-order valence-corrected chi connectivity index (χ2v) is 5.35. The normalized spacial score (nSPS) is 17.9. The van der Waals surface area contributed by atoms with Gasteiger partial charge in [-0.1, -0.05) is 24.0 Å². The SMILES string of the molecule is NCC#Cc1ccccc1NC(=O)C1CCCS1. The quantitative estimate of drug-likeness (QED) is 0.798. The number of hydrogen-bond acceptors (Lipinski definition) is 3. The van der Waals surface area contributed by atoms with Crippen LogP contribution in [0.25, 0.3) is 0 Å². The number of hydrogen-bond donors (Lipinski definition) is 2. The number of para-hydroxylation sites is 1. The molecule has 0 radical (unpaired) electrons. The molecule has 0 aliphatic carbocycles. The lowest BCUT2D eigenvalue weighted by molar-refractivity contribution is -0.115. The van der Waals surface area contributed by atoms with Crippen LogP contribution in [0.15, 0.2) is 24.3 Å². The Morgan fingerprint density at radius 2 is 2.33 bits per heavy atom. The van der Waals surface area contributed by atoms with Gasteiger partial charge in [-0.15, -0.1) is 11.8 Å². The van der Waals surface area contributed by atoms with Gasteiger partial charge in [0.2, 0.25) is 5.91 Å². The van der Waals surface area contributed by atoms with Gasteiger partial charge >= 0.3 is 0 Å². The van der Waals surface area contributed by atoms with Gasteiger partial charge in [0.25, 0.3) is 0 Å². The van der Waals surface area contributed by atoms with Crippen molar-refractivity contribution in [2.45, 2.75) is 18.1 Å². The Balaban J connectivity index is 2.10. The van der Waals surface area contributed by atoms with E-state index in [1.54, 1.807) is 11.8 Å². The van der Waals surface area contributed by atoms with Gasteiger partial charge < -0.3 is 11.1 Å². The topological polar surface area (TPSA) is 55.1 Å². The van der Waals surface area contributed by atoms with Crippen molar-refractivity contribution in [1.82, 2.24) is 0 Å². The van der Waals surface area contributed by atoms with E-state index >= 15 is 0 Å². The minimum Gasteiger partial charge on any atom is -0.324 e. The van der Waals surface area contributed by atoms with Crippen LogP contribution in [0, 0.1) is 11.8 Å². The molecule has 0 saturated carbocycles. The predicted molar refractivity (Wildman–Crippen MR) is 76.5 cm³/mol. The highest BCUT2D eigenvalue weighted by Crippen LogP contribution is 2.27. The first kappa shape index (κ1) is 13.0. The average molecular weight is 260 g/mol. The van der Waals surface area contributed by atoms with E-state index in [1.165, 1.54) is 0 Å². The van der Waals surface area contributed by atoms with Gasteiger partial charge in [-0.05, 0) is 30.7 Å². The first-order valence-corrected chi connectivity index (χ1v) is 7.06. The highest BCUT2D eigenvalue weighted by Gasteiger charge is 2.23. The third-order valence-corrected chi connectivity index (χ3v) is 4.11. The van der Waals surface area contributed by atoms with E-state index in [2.05, 4.69) is 17.2 Å². The molecular formula is C14H16N2OS. The van der Waals surface area contributed by atoms with E-state index in [9.17, 15) is 4.79 Å². The van der Waals surface area contributed by atoms with Crippen LogP contribution in [0.5, 0.6) is 0 Å². The summed E-state index contributed by atoms with van der Waals surface area (Å²) in [6.07, 6.45) is 2.09. The lowest BCUT2D eigenvalue weighted by Crippen LogP contribution is -2.23. The molecule has 4 heteroatoms. The molecule has 1 heterocycles. The molecule has 1 aromatic carbocycles. The largest absolute Gasteiger partial charge is 0.324 e. The summed E-state index contributed by atoms with van der Waals surface area (Å²) in [5, 5.41) is 3.04. The van der Waals surface area contributed by atoms with Crippen LogP contribution in [0.4, 0.5) is 5.69 Å². The average Bonchev–Trinajstić information content (AvgIpc) is 2.91. The lowest BCUT2D eigenvalue weighted by Gasteiger charge is -2.11. The molecule has 18 heavy (non-hydrogen) atoms. The summed E-state index contributed by atoms with van der Waals surface area (Å²) in [4.78, 5) is 12.0. The predicted octanol–water partition coefficient (Wildman–Crippen LogP) is 1.83. The second-order valence-electron chi connectivity index (χ2n) is 4.04. The number of carbonyl (C=O) groups is 1. The third kappa shape index (κ3) is 3.28. The number of nitrogens with two attached hydrogens (primary N) is 1. The van der Waals surface area contributed by atoms with Crippen molar-refractivity contribution in [2.75, 3.05) is 17.6 Å². The molecule has 0 aromatic heterocycles. The molecule has 0 bridgehead atoms. The van der Waals surface area contributed by atoms with Crippen LogP contribution in [0.3, 0.4) is 0 Å². The first-order chi connectivity index (χ1) is 8.81. The van der Waals surface area contributed by atoms with Gasteiger partial charge in [0.1, 0.15) is 0 Å². The number of anilines is 1. The van der Waals surface area contributed by atoms with Crippen LogP contribution in [-0.2, 0) is 4.79 Å². The van der Waals surface area contributed by atoms with Crippen molar-refractivity contribution in [2.24, 2.45) is 5.73 Å². The summed E-state index contributed by atoms with van der Waals surface area (Å²) in [5.74, 6) is 6.94. The Labute approximate surface area is 112 Å². The Morgan fingerprint density at radius 3 is 3.06 bits per heavy atom. The van der Waals surface area contributed by atoms with Crippen molar-refractivity contribution in [3.05, 3.63) is 29.8 Å². The lowest BCUT2D eigenvalue weighted by atomic mass is 10.1. The van der Waals surface area contributed by atoms with Gasteiger partial charge in [-0.2, -0.15) is 0 Å². The molecule has 0 spiro atoms. The minimum absolute atomic E-state index is 0.0829. The molecular weight excluding hydrogens is 244 g/mol. The van der Waals surface area contributed by atoms with Crippen molar-refractivity contribution in [3.63, 3.8) is 0 Å². The number of carbonyl (C=O) groups excluding carboxylic acids is 1. The second kappa shape index (κ2) is 6.48. The van der Waals surface area contributed by atoms with Gasteiger partial charge in [0, 0.05) is 5.56 Å². The fraction of sp³-hybridized carbons (Fsp3) is 0.357. The molecule has 3 nitrogen and oxygen atoms in total. The molecule has 1 aromatic rings. The van der Waals surface area contributed by atoms with Gasteiger partial charge in [-0.25, -0.2) is 0 Å². The van der Waals surface area contributed by atoms with Gasteiger partial charge in [0.05, 0.1) is 17.5 Å². The fourth-order valence-electron chi connectivity index (χ4n) is 1.85. The van der Waals surface area contributed by atoms with Crippen LogP contribution in [-0.4, -0.2) is 23.5 Å². The minimum atomic E-state index is 0.0829. The summed E-state index contributed by atoms with van der Waals surface area (Å²) in [7, 11) is 0. The zero-order chi connectivity index (χ0) is 12.8. The molecule has 1 amide bonds. The summed E-state index contributed by atoms with van der Waals surface area (Å²) >= 11 is 1.73. The van der Waals surface area contributed by atoms with Crippen molar-refractivity contribution in [1.29, 1.82) is 0 Å². The van der Waals surface area contributed by atoms with Crippen LogP contribution >= 0.6 is 11.8 Å². The number of amides is 1. The number of benzene rings is 1. The maximum absolute atomic E-state index is 12.0.